The normalized spacial score (nSPS) is 10.6. The minimum absolute atomic E-state index is 0.0188. The summed E-state index contributed by atoms with van der Waals surface area (Å²) < 4.78 is 7.53. The fourth-order valence-electron chi connectivity index (χ4n) is 2.01. The van der Waals surface area contributed by atoms with Crippen LogP contribution < -0.4 is 22.5 Å². The Morgan fingerprint density at radius 3 is 2.81 bits per heavy atom. The minimum atomic E-state index is -0.618. The second-order valence-electron chi connectivity index (χ2n) is 4.46. The second kappa shape index (κ2) is 6.23. The molecule has 0 aliphatic carbocycles. The first-order chi connectivity index (χ1) is 10.1. The molecule has 1 amide bonds. The van der Waals surface area contributed by atoms with Crippen molar-refractivity contribution in [3.63, 3.8) is 0 Å². The molecule has 0 radical (unpaired) electrons. The van der Waals surface area contributed by atoms with E-state index in [0.29, 0.717) is 12.1 Å². The fraction of sp³-hybridized carbons (Fsp3) is 0.308. The molecule has 0 bridgehead atoms. The van der Waals surface area contributed by atoms with Gasteiger partial charge in [0, 0.05) is 24.4 Å². The van der Waals surface area contributed by atoms with Crippen molar-refractivity contribution in [2.24, 2.45) is 5.84 Å². The molecule has 112 valence electrons. The van der Waals surface area contributed by atoms with Gasteiger partial charge >= 0.3 is 11.6 Å². The van der Waals surface area contributed by atoms with Crippen molar-refractivity contribution in [2.75, 3.05) is 0 Å². The number of hydrogen-bond donors (Lipinski definition) is 2. The summed E-state index contributed by atoms with van der Waals surface area (Å²) in [5.41, 5.74) is 1.50. The molecule has 0 atom stereocenters. The summed E-state index contributed by atoms with van der Waals surface area (Å²) in [7, 11) is 0. The van der Waals surface area contributed by atoms with Gasteiger partial charge in [-0.2, -0.15) is 0 Å². The first kappa shape index (κ1) is 14.8. The van der Waals surface area contributed by atoms with Crippen molar-refractivity contribution in [1.82, 2.24) is 14.6 Å². The summed E-state index contributed by atoms with van der Waals surface area (Å²) in [6, 6.07) is 2.84. The van der Waals surface area contributed by atoms with E-state index in [9.17, 15) is 14.4 Å². The number of nitrogens with two attached hydrogens (primary N) is 1. The van der Waals surface area contributed by atoms with Gasteiger partial charge in [0.1, 0.15) is 0 Å². The third-order valence-corrected chi connectivity index (χ3v) is 3.02. The molecule has 2 aromatic rings. The molecule has 0 fully saturated rings. The monoisotopic (exact) mass is 292 g/mol. The Bertz CT molecular complexity index is 756. The zero-order valence-electron chi connectivity index (χ0n) is 11.5. The van der Waals surface area contributed by atoms with Crippen LogP contribution in [0.4, 0.5) is 0 Å². The number of rotatable bonds is 5. The summed E-state index contributed by atoms with van der Waals surface area (Å²) in [5, 5.41) is 0. The van der Waals surface area contributed by atoms with Crippen LogP contribution in [0.1, 0.15) is 29.5 Å². The molecule has 3 N–H and O–H groups in total. The van der Waals surface area contributed by atoms with E-state index in [1.54, 1.807) is 0 Å². The first-order valence-electron chi connectivity index (χ1n) is 6.46. The summed E-state index contributed by atoms with van der Waals surface area (Å²) in [6.07, 6.45) is 3.54. The van der Waals surface area contributed by atoms with E-state index in [0.717, 1.165) is 11.0 Å². The SMILES string of the molecule is CCCn1ccc(=O)n(Cc2ccoc2C(=O)NN)c1=O. The molecule has 0 unspecified atom stereocenters. The zero-order valence-corrected chi connectivity index (χ0v) is 11.5. The topological polar surface area (TPSA) is 112 Å². The molecule has 2 rings (SSSR count). The van der Waals surface area contributed by atoms with E-state index >= 15 is 0 Å². The van der Waals surface area contributed by atoms with Gasteiger partial charge in [0.2, 0.25) is 0 Å². The van der Waals surface area contributed by atoms with Gasteiger partial charge in [-0.15, -0.1) is 0 Å². The van der Waals surface area contributed by atoms with Crippen LogP contribution in [0.5, 0.6) is 0 Å². The average molecular weight is 292 g/mol. The molecule has 0 aromatic carbocycles. The number of hydrazine groups is 1. The van der Waals surface area contributed by atoms with Gasteiger partial charge < -0.3 is 8.98 Å². The highest BCUT2D eigenvalue weighted by molar-refractivity contribution is 5.92. The lowest BCUT2D eigenvalue weighted by molar-refractivity contribution is 0.0924. The fourth-order valence-corrected chi connectivity index (χ4v) is 2.01. The van der Waals surface area contributed by atoms with Gasteiger partial charge in [0.15, 0.2) is 5.76 Å². The van der Waals surface area contributed by atoms with Gasteiger partial charge in [-0.3, -0.25) is 19.6 Å². The van der Waals surface area contributed by atoms with Crippen LogP contribution in [-0.4, -0.2) is 15.0 Å². The third kappa shape index (κ3) is 2.95. The van der Waals surface area contributed by atoms with Crippen molar-refractivity contribution in [3.8, 4) is 0 Å². The van der Waals surface area contributed by atoms with E-state index in [1.165, 1.54) is 29.2 Å². The molecular formula is C13H16N4O4. The Hall–Kier alpha value is -2.61. The van der Waals surface area contributed by atoms with Crippen LogP contribution in [0.25, 0.3) is 0 Å². The molecule has 2 heterocycles. The lowest BCUT2D eigenvalue weighted by Gasteiger charge is -2.08. The summed E-state index contributed by atoms with van der Waals surface area (Å²) in [6.45, 7) is 2.39. The Kier molecular flexibility index (Phi) is 4.39. The predicted molar refractivity (Wildman–Crippen MR) is 74.7 cm³/mol. The number of nitrogen functional groups attached to an aromatic ring is 1. The van der Waals surface area contributed by atoms with Crippen molar-refractivity contribution < 1.29 is 9.21 Å². The molecular weight excluding hydrogens is 276 g/mol. The van der Waals surface area contributed by atoms with E-state index < -0.39 is 17.2 Å². The summed E-state index contributed by atoms with van der Waals surface area (Å²) in [4.78, 5) is 35.6. The number of carbonyl (C=O) groups excluding carboxylic acids is 1. The van der Waals surface area contributed by atoms with Crippen LogP contribution in [-0.2, 0) is 13.1 Å². The number of hydrogen-bond acceptors (Lipinski definition) is 5. The third-order valence-electron chi connectivity index (χ3n) is 3.02. The average Bonchev–Trinajstić information content (AvgIpc) is 2.94. The van der Waals surface area contributed by atoms with E-state index in [2.05, 4.69) is 0 Å². The van der Waals surface area contributed by atoms with Gasteiger partial charge in [-0.25, -0.2) is 10.6 Å². The maximum atomic E-state index is 12.2. The van der Waals surface area contributed by atoms with Crippen molar-refractivity contribution in [2.45, 2.75) is 26.4 Å². The molecule has 21 heavy (non-hydrogen) atoms. The summed E-state index contributed by atoms with van der Waals surface area (Å²) >= 11 is 0. The maximum Gasteiger partial charge on any atom is 0.331 e. The number of nitrogens with zero attached hydrogens (tertiary/aromatic N) is 2. The molecule has 2 aromatic heterocycles. The zero-order chi connectivity index (χ0) is 15.4. The maximum absolute atomic E-state index is 12.2. The lowest BCUT2D eigenvalue weighted by Crippen LogP contribution is -2.39. The number of aromatic nitrogens is 2. The van der Waals surface area contributed by atoms with Crippen LogP contribution in [0.3, 0.4) is 0 Å². The van der Waals surface area contributed by atoms with Gasteiger partial charge in [-0.05, 0) is 12.5 Å². The van der Waals surface area contributed by atoms with E-state index in [-0.39, 0.29) is 12.3 Å². The Morgan fingerprint density at radius 1 is 1.38 bits per heavy atom. The Balaban J connectivity index is 2.43. The molecule has 0 aliphatic rings. The standard InChI is InChI=1S/C13H16N4O4/c1-2-5-16-6-3-10(18)17(13(16)20)8-9-4-7-21-11(9)12(19)15-14/h3-4,6-7H,2,5,8,14H2,1H3,(H,15,19). The smallest absolute Gasteiger partial charge is 0.331 e. The largest absolute Gasteiger partial charge is 0.459 e. The minimum Gasteiger partial charge on any atom is -0.459 e. The lowest BCUT2D eigenvalue weighted by atomic mass is 10.2. The van der Waals surface area contributed by atoms with Gasteiger partial charge in [0.05, 0.1) is 12.8 Å². The highest BCUT2D eigenvalue weighted by atomic mass is 16.3. The number of furan rings is 1. The highest BCUT2D eigenvalue weighted by Gasteiger charge is 2.16. The molecule has 8 heteroatoms. The number of carbonyl (C=O) groups is 1. The molecule has 0 aliphatic heterocycles. The van der Waals surface area contributed by atoms with Crippen LogP contribution >= 0.6 is 0 Å². The van der Waals surface area contributed by atoms with Crippen molar-refractivity contribution >= 4 is 5.91 Å². The van der Waals surface area contributed by atoms with Crippen LogP contribution in [0.2, 0.25) is 0 Å². The summed E-state index contributed by atoms with van der Waals surface area (Å²) in [5.74, 6) is 4.42. The van der Waals surface area contributed by atoms with E-state index in [1.807, 2.05) is 12.3 Å². The van der Waals surface area contributed by atoms with Crippen molar-refractivity contribution in [3.05, 3.63) is 56.8 Å². The highest BCUT2D eigenvalue weighted by Crippen LogP contribution is 2.10. The van der Waals surface area contributed by atoms with Crippen molar-refractivity contribution in [1.29, 1.82) is 0 Å². The predicted octanol–water partition coefficient (Wildman–Crippen LogP) is -0.335. The van der Waals surface area contributed by atoms with Crippen LogP contribution in [0.15, 0.2) is 38.6 Å². The quantitative estimate of drug-likeness (QED) is 0.445. The number of amides is 1. The Labute approximate surface area is 119 Å². The molecule has 0 saturated carbocycles. The van der Waals surface area contributed by atoms with Gasteiger partial charge in [-0.1, -0.05) is 6.92 Å². The molecule has 0 saturated heterocycles. The first-order valence-corrected chi connectivity index (χ1v) is 6.46. The molecule has 8 nitrogen and oxygen atoms in total. The second-order valence-corrected chi connectivity index (χ2v) is 4.46. The van der Waals surface area contributed by atoms with Gasteiger partial charge in [0.25, 0.3) is 5.56 Å². The number of nitrogens with one attached hydrogen (secondary N) is 1. The number of aryl methyl sites for hydroxylation is 1. The van der Waals surface area contributed by atoms with Crippen LogP contribution in [0, 0.1) is 0 Å². The van der Waals surface area contributed by atoms with E-state index in [4.69, 9.17) is 10.3 Å². The Morgan fingerprint density at radius 2 is 2.14 bits per heavy atom. The molecule has 0 spiro atoms.